The summed E-state index contributed by atoms with van der Waals surface area (Å²) in [7, 11) is 0. The molecule has 1 aromatic rings. The van der Waals surface area contributed by atoms with Crippen LogP contribution in [0, 0.1) is 5.82 Å². The number of hydrogen-bond donors (Lipinski definition) is 1. The van der Waals surface area contributed by atoms with Crippen LogP contribution in [0.3, 0.4) is 0 Å². The molecule has 0 radical (unpaired) electrons. The fraction of sp³-hybridized carbons (Fsp3) is 0.562. The van der Waals surface area contributed by atoms with Gasteiger partial charge in [-0.1, -0.05) is 12.1 Å². The summed E-state index contributed by atoms with van der Waals surface area (Å²) in [6, 6.07) is 6.53. The summed E-state index contributed by atoms with van der Waals surface area (Å²) < 4.78 is 18.6. The molecule has 2 amide bonds. The number of rotatable bonds is 4. The molecule has 1 fully saturated rings. The van der Waals surface area contributed by atoms with Crippen LogP contribution in [-0.4, -0.2) is 42.8 Å². The maximum absolute atomic E-state index is 13.0. The Hall–Kier alpha value is -1.62. The normalized spacial score (nSPS) is 22.1. The largest absolute Gasteiger partial charge is 0.372 e. The molecule has 1 heterocycles. The van der Waals surface area contributed by atoms with Crippen LogP contribution in [0.2, 0.25) is 0 Å². The topological polar surface area (TPSA) is 41.6 Å². The molecule has 1 aliphatic heterocycles. The van der Waals surface area contributed by atoms with Crippen molar-refractivity contribution in [2.24, 2.45) is 0 Å². The van der Waals surface area contributed by atoms with E-state index in [2.05, 4.69) is 5.32 Å². The van der Waals surface area contributed by atoms with Crippen LogP contribution in [0.15, 0.2) is 24.3 Å². The van der Waals surface area contributed by atoms with E-state index in [0.29, 0.717) is 19.6 Å². The molecule has 0 aromatic heterocycles. The lowest BCUT2D eigenvalue weighted by Gasteiger charge is -2.35. The zero-order chi connectivity index (χ0) is 15.2. The number of benzene rings is 1. The summed E-state index contributed by atoms with van der Waals surface area (Å²) in [4.78, 5) is 13.8. The van der Waals surface area contributed by atoms with E-state index in [4.69, 9.17) is 4.74 Å². The molecular formula is C16H23FN2O2. The Kier molecular flexibility index (Phi) is 5.56. The van der Waals surface area contributed by atoms with Crippen LogP contribution in [0.25, 0.3) is 0 Å². The zero-order valence-electron chi connectivity index (χ0n) is 12.6. The van der Waals surface area contributed by atoms with Crippen LogP contribution < -0.4 is 5.32 Å². The average Bonchev–Trinajstić information content (AvgIpc) is 2.42. The van der Waals surface area contributed by atoms with Crippen molar-refractivity contribution >= 4 is 6.03 Å². The number of nitrogens with zero attached hydrogens (tertiary/aromatic N) is 1. The molecule has 2 rings (SSSR count). The molecule has 1 aromatic carbocycles. The van der Waals surface area contributed by atoms with Crippen molar-refractivity contribution in [1.29, 1.82) is 0 Å². The summed E-state index contributed by atoms with van der Waals surface area (Å²) in [5, 5.41) is 2.92. The lowest BCUT2D eigenvalue weighted by molar-refractivity contribution is -0.0545. The number of aryl methyl sites for hydroxylation is 1. The highest BCUT2D eigenvalue weighted by Gasteiger charge is 2.25. The van der Waals surface area contributed by atoms with E-state index in [1.807, 2.05) is 19.9 Å². The van der Waals surface area contributed by atoms with Gasteiger partial charge in [-0.3, -0.25) is 0 Å². The molecule has 0 spiro atoms. The minimum atomic E-state index is -0.215. The predicted octanol–water partition coefficient (Wildman–Crippen LogP) is 2.58. The number of hydrogen-bond acceptors (Lipinski definition) is 2. The van der Waals surface area contributed by atoms with E-state index in [1.165, 1.54) is 12.1 Å². The molecule has 2 unspecified atom stereocenters. The predicted molar refractivity (Wildman–Crippen MR) is 79.7 cm³/mol. The standard InChI is InChI=1S/C16H23FN2O2/c1-12-10-19(11-13(2)21-12)16(20)18-8-4-6-14-5-3-7-15(17)9-14/h3,5,7,9,12-13H,4,6,8,10-11H2,1-2H3,(H,18,20). The van der Waals surface area contributed by atoms with Gasteiger partial charge in [-0.15, -0.1) is 0 Å². The first kappa shape index (κ1) is 15.8. The highest BCUT2D eigenvalue weighted by Crippen LogP contribution is 2.10. The van der Waals surface area contributed by atoms with Gasteiger partial charge in [0.15, 0.2) is 0 Å². The molecule has 4 nitrogen and oxygen atoms in total. The highest BCUT2D eigenvalue weighted by atomic mass is 19.1. The van der Waals surface area contributed by atoms with Gasteiger partial charge in [0.1, 0.15) is 5.82 Å². The molecule has 2 atom stereocenters. The second-order valence-electron chi connectivity index (χ2n) is 5.63. The highest BCUT2D eigenvalue weighted by molar-refractivity contribution is 5.74. The molecular weight excluding hydrogens is 271 g/mol. The van der Waals surface area contributed by atoms with E-state index in [9.17, 15) is 9.18 Å². The first-order chi connectivity index (χ1) is 10.0. The van der Waals surface area contributed by atoms with Crippen LogP contribution in [-0.2, 0) is 11.2 Å². The van der Waals surface area contributed by atoms with Gasteiger partial charge < -0.3 is 15.0 Å². The fourth-order valence-electron chi connectivity index (χ4n) is 2.64. The van der Waals surface area contributed by atoms with Crippen molar-refractivity contribution in [1.82, 2.24) is 10.2 Å². The van der Waals surface area contributed by atoms with Crippen molar-refractivity contribution in [3.63, 3.8) is 0 Å². The van der Waals surface area contributed by atoms with Crippen molar-refractivity contribution < 1.29 is 13.9 Å². The molecule has 0 bridgehead atoms. The summed E-state index contributed by atoms with van der Waals surface area (Å²) in [5.41, 5.74) is 0.956. The number of carbonyl (C=O) groups is 1. The molecule has 0 saturated carbocycles. The first-order valence-corrected chi connectivity index (χ1v) is 7.47. The van der Waals surface area contributed by atoms with Gasteiger partial charge in [0.05, 0.1) is 12.2 Å². The fourth-order valence-corrected chi connectivity index (χ4v) is 2.64. The Balaban J connectivity index is 1.69. The van der Waals surface area contributed by atoms with E-state index in [0.717, 1.165) is 18.4 Å². The Labute approximate surface area is 125 Å². The van der Waals surface area contributed by atoms with Crippen LogP contribution in [0.1, 0.15) is 25.8 Å². The van der Waals surface area contributed by atoms with Gasteiger partial charge in [0, 0.05) is 19.6 Å². The molecule has 1 N–H and O–H groups in total. The summed E-state index contributed by atoms with van der Waals surface area (Å²) in [5.74, 6) is -0.215. The number of urea groups is 1. The Morgan fingerprint density at radius 1 is 1.38 bits per heavy atom. The van der Waals surface area contributed by atoms with Crippen LogP contribution in [0.4, 0.5) is 9.18 Å². The first-order valence-electron chi connectivity index (χ1n) is 7.47. The summed E-state index contributed by atoms with van der Waals surface area (Å²) >= 11 is 0. The third kappa shape index (κ3) is 5.01. The smallest absolute Gasteiger partial charge is 0.317 e. The van der Waals surface area contributed by atoms with Crippen molar-refractivity contribution in [2.75, 3.05) is 19.6 Å². The summed E-state index contributed by atoms with van der Waals surface area (Å²) in [6.45, 7) is 5.79. The number of nitrogens with one attached hydrogen (secondary N) is 1. The second kappa shape index (κ2) is 7.41. The van der Waals surface area contributed by atoms with Gasteiger partial charge >= 0.3 is 6.03 Å². The van der Waals surface area contributed by atoms with Gasteiger partial charge in [0.25, 0.3) is 0 Å². The molecule has 5 heteroatoms. The monoisotopic (exact) mass is 294 g/mol. The lowest BCUT2D eigenvalue weighted by atomic mass is 10.1. The van der Waals surface area contributed by atoms with Gasteiger partial charge in [-0.25, -0.2) is 9.18 Å². The van der Waals surface area contributed by atoms with Crippen LogP contribution >= 0.6 is 0 Å². The SMILES string of the molecule is CC1CN(C(=O)NCCCc2cccc(F)c2)CC(C)O1. The third-order valence-corrected chi connectivity index (χ3v) is 3.51. The summed E-state index contributed by atoms with van der Waals surface area (Å²) in [6.07, 6.45) is 1.71. The second-order valence-corrected chi connectivity index (χ2v) is 5.63. The third-order valence-electron chi connectivity index (χ3n) is 3.51. The maximum Gasteiger partial charge on any atom is 0.317 e. The number of halogens is 1. The van der Waals surface area contributed by atoms with E-state index < -0.39 is 0 Å². The minimum Gasteiger partial charge on any atom is -0.372 e. The Morgan fingerprint density at radius 2 is 2.10 bits per heavy atom. The number of morpholine rings is 1. The Morgan fingerprint density at radius 3 is 2.76 bits per heavy atom. The van der Waals surface area contributed by atoms with Gasteiger partial charge in [-0.2, -0.15) is 0 Å². The number of carbonyl (C=O) groups excluding carboxylic acids is 1. The molecule has 116 valence electrons. The van der Waals surface area contributed by atoms with Gasteiger partial charge in [0.2, 0.25) is 0 Å². The minimum absolute atomic E-state index is 0.0451. The van der Waals surface area contributed by atoms with E-state index in [1.54, 1.807) is 11.0 Å². The van der Waals surface area contributed by atoms with Gasteiger partial charge in [-0.05, 0) is 44.4 Å². The zero-order valence-corrected chi connectivity index (χ0v) is 12.6. The molecule has 1 saturated heterocycles. The van der Waals surface area contributed by atoms with Crippen molar-refractivity contribution in [3.05, 3.63) is 35.6 Å². The van der Waals surface area contributed by atoms with E-state index >= 15 is 0 Å². The Bertz CT molecular complexity index is 471. The van der Waals surface area contributed by atoms with Crippen molar-refractivity contribution in [3.8, 4) is 0 Å². The van der Waals surface area contributed by atoms with Crippen LogP contribution in [0.5, 0.6) is 0 Å². The van der Waals surface area contributed by atoms with Crippen molar-refractivity contribution in [2.45, 2.75) is 38.9 Å². The molecule has 0 aliphatic carbocycles. The molecule has 1 aliphatic rings. The number of amides is 2. The average molecular weight is 294 g/mol. The molecule has 21 heavy (non-hydrogen) atoms. The lowest BCUT2D eigenvalue weighted by Crippen LogP contribution is -2.51. The van der Waals surface area contributed by atoms with E-state index in [-0.39, 0.29) is 24.1 Å². The maximum atomic E-state index is 13.0. The quantitative estimate of drug-likeness (QED) is 0.867. The number of ether oxygens (including phenoxy) is 1.